The number of aliphatic hydroxyl groups excluding tert-OH is 1. The molecule has 7 heteroatoms. The number of benzene rings is 1. The topological polar surface area (TPSA) is 90.3 Å². The van der Waals surface area contributed by atoms with E-state index in [-0.39, 0.29) is 23.5 Å². The molecule has 1 rings (SSSR count). The first-order valence-corrected chi connectivity index (χ1v) is 4.40. The number of hydrogen-bond acceptors (Lipinski definition) is 4. The second-order valence-electron chi connectivity index (χ2n) is 3.25. The maximum Gasteiger partial charge on any atom is 0.289 e. The molecule has 0 bridgehead atoms. The average molecular weight is 265 g/mol. The van der Waals surface area contributed by atoms with Gasteiger partial charge in [0.25, 0.3) is 5.92 Å². The van der Waals surface area contributed by atoms with E-state index >= 15 is 0 Å². The highest BCUT2D eigenvalue weighted by molar-refractivity contribution is 5.85. The van der Waals surface area contributed by atoms with Gasteiger partial charge < -0.3 is 15.9 Å². The van der Waals surface area contributed by atoms with Crippen LogP contribution in [0.25, 0.3) is 0 Å². The molecule has 1 aromatic rings. The maximum atomic E-state index is 13.1. The summed E-state index contributed by atoms with van der Waals surface area (Å²) < 4.78 is 26.2. The van der Waals surface area contributed by atoms with Gasteiger partial charge in [0.1, 0.15) is 24.5 Å². The fourth-order valence-corrected chi connectivity index (χ4v) is 1.23. The summed E-state index contributed by atoms with van der Waals surface area (Å²) in [6.07, 6.45) is 0. The number of aliphatic hydroxyl groups is 1. The molecule has 0 aliphatic rings. The minimum atomic E-state index is -3.55. The van der Waals surface area contributed by atoms with E-state index < -0.39 is 24.3 Å². The molecule has 0 spiro atoms. The minimum absolute atomic E-state index is 0. The van der Waals surface area contributed by atoms with Crippen molar-refractivity contribution in [3.63, 3.8) is 0 Å². The van der Waals surface area contributed by atoms with E-state index in [1.54, 1.807) is 6.07 Å². The van der Waals surface area contributed by atoms with Crippen LogP contribution in [0.2, 0.25) is 0 Å². The van der Waals surface area contributed by atoms with Gasteiger partial charge in [0, 0.05) is 5.56 Å². The van der Waals surface area contributed by atoms with Crippen LogP contribution in [0.3, 0.4) is 0 Å². The average Bonchev–Trinajstić information content (AvgIpc) is 2.28. The Morgan fingerprint density at radius 2 is 2.06 bits per heavy atom. The van der Waals surface area contributed by atoms with Crippen molar-refractivity contribution in [3.05, 3.63) is 29.3 Å². The first kappa shape index (κ1) is 15.6. The van der Waals surface area contributed by atoms with Crippen LogP contribution >= 0.6 is 12.4 Å². The van der Waals surface area contributed by atoms with Gasteiger partial charge in [-0.1, -0.05) is 12.1 Å². The summed E-state index contributed by atoms with van der Waals surface area (Å²) in [6.45, 7) is -1.43. The SMILES string of the molecule is Cl.N#Cc1cccc([C@H](N)C(F)(F)CO)c1O. The van der Waals surface area contributed by atoms with Crippen LogP contribution in [-0.4, -0.2) is 22.7 Å². The van der Waals surface area contributed by atoms with E-state index in [0.717, 1.165) is 0 Å². The van der Waals surface area contributed by atoms with Gasteiger partial charge in [0.2, 0.25) is 0 Å². The lowest BCUT2D eigenvalue weighted by atomic mass is 9.98. The molecule has 0 saturated carbocycles. The molecule has 1 atom stereocenters. The number of halogens is 3. The lowest BCUT2D eigenvalue weighted by Crippen LogP contribution is -2.36. The van der Waals surface area contributed by atoms with Gasteiger partial charge in [-0.15, -0.1) is 12.4 Å². The third-order valence-electron chi connectivity index (χ3n) is 2.19. The van der Waals surface area contributed by atoms with Gasteiger partial charge in [0.05, 0.1) is 5.56 Å². The minimum Gasteiger partial charge on any atom is -0.506 e. The summed E-state index contributed by atoms with van der Waals surface area (Å²) in [4.78, 5) is 0. The smallest absolute Gasteiger partial charge is 0.289 e. The molecule has 17 heavy (non-hydrogen) atoms. The van der Waals surface area contributed by atoms with Crippen molar-refractivity contribution in [2.75, 3.05) is 6.61 Å². The number of aromatic hydroxyl groups is 1. The zero-order chi connectivity index (χ0) is 12.3. The van der Waals surface area contributed by atoms with Crippen molar-refractivity contribution in [3.8, 4) is 11.8 Å². The highest BCUT2D eigenvalue weighted by Crippen LogP contribution is 2.35. The van der Waals surface area contributed by atoms with Crippen LogP contribution in [0.1, 0.15) is 17.2 Å². The molecule has 0 aromatic heterocycles. The Morgan fingerprint density at radius 3 is 2.53 bits per heavy atom. The number of hydrogen-bond donors (Lipinski definition) is 3. The Kier molecular flexibility index (Phi) is 5.29. The summed E-state index contributed by atoms with van der Waals surface area (Å²) in [5.41, 5.74) is 4.83. The molecule has 0 saturated heterocycles. The number of phenolic OH excluding ortho intramolecular Hbond substituents is 1. The number of phenols is 1. The normalized spacial score (nSPS) is 12.4. The summed E-state index contributed by atoms with van der Waals surface area (Å²) in [5.74, 6) is -4.13. The molecular formula is C10H11ClF2N2O2. The van der Waals surface area contributed by atoms with Crippen LogP contribution in [0.4, 0.5) is 8.78 Å². The quantitative estimate of drug-likeness (QED) is 0.768. The monoisotopic (exact) mass is 264 g/mol. The van der Waals surface area contributed by atoms with E-state index in [4.69, 9.17) is 16.1 Å². The number of nitriles is 1. The Morgan fingerprint density at radius 1 is 1.47 bits per heavy atom. The van der Waals surface area contributed by atoms with Gasteiger partial charge in [-0.05, 0) is 6.07 Å². The Labute approximate surface area is 103 Å². The van der Waals surface area contributed by atoms with Crippen molar-refractivity contribution in [2.45, 2.75) is 12.0 Å². The number of nitrogens with two attached hydrogens (primary N) is 1. The Hall–Kier alpha value is -1.42. The van der Waals surface area contributed by atoms with E-state index in [1.165, 1.54) is 18.2 Å². The number of para-hydroxylation sites is 1. The number of alkyl halides is 2. The van der Waals surface area contributed by atoms with E-state index in [0.29, 0.717) is 0 Å². The molecule has 94 valence electrons. The van der Waals surface area contributed by atoms with Crippen molar-refractivity contribution in [1.82, 2.24) is 0 Å². The highest BCUT2D eigenvalue weighted by Gasteiger charge is 2.38. The Bertz CT molecular complexity index is 435. The largest absolute Gasteiger partial charge is 0.506 e. The molecule has 4 N–H and O–H groups in total. The van der Waals surface area contributed by atoms with Gasteiger partial charge in [0.15, 0.2) is 0 Å². The zero-order valence-corrected chi connectivity index (χ0v) is 9.42. The Balaban J connectivity index is 0.00000256. The van der Waals surface area contributed by atoms with Crippen molar-refractivity contribution < 1.29 is 19.0 Å². The predicted octanol–water partition coefficient (Wildman–Crippen LogP) is 1.31. The standard InChI is InChI=1S/C10H10F2N2O2.ClH/c11-10(12,5-15)9(14)7-3-1-2-6(4-13)8(7)16;/h1-3,9,15-16H,5,14H2;1H/t9-;/m0./s1. The molecule has 0 aliphatic carbocycles. The summed E-state index contributed by atoms with van der Waals surface area (Å²) >= 11 is 0. The van der Waals surface area contributed by atoms with Crippen molar-refractivity contribution in [1.29, 1.82) is 5.26 Å². The fraction of sp³-hybridized carbons (Fsp3) is 0.300. The molecule has 0 radical (unpaired) electrons. The van der Waals surface area contributed by atoms with Crippen LogP contribution in [-0.2, 0) is 0 Å². The number of rotatable bonds is 3. The highest BCUT2D eigenvalue weighted by atomic mass is 35.5. The summed E-state index contributed by atoms with van der Waals surface area (Å²) in [5, 5.41) is 26.6. The molecule has 0 unspecified atom stereocenters. The molecule has 0 amide bonds. The van der Waals surface area contributed by atoms with Gasteiger partial charge in [-0.3, -0.25) is 0 Å². The van der Waals surface area contributed by atoms with Gasteiger partial charge >= 0.3 is 0 Å². The van der Waals surface area contributed by atoms with E-state index in [9.17, 15) is 13.9 Å². The van der Waals surface area contributed by atoms with Crippen LogP contribution in [0.15, 0.2) is 18.2 Å². The third-order valence-corrected chi connectivity index (χ3v) is 2.19. The molecule has 0 aliphatic heterocycles. The maximum absolute atomic E-state index is 13.1. The molecule has 0 heterocycles. The predicted molar refractivity (Wildman–Crippen MR) is 59.0 cm³/mol. The molecule has 0 fully saturated rings. The summed E-state index contributed by atoms with van der Waals surface area (Å²) in [7, 11) is 0. The molecule has 1 aromatic carbocycles. The van der Waals surface area contributed by atoms with Crippen LogP contribution in [0, 0.1) is 11.3 Å². The lowest BCUT2D eigenvalue weighted by Gasteiger charge is -2.22. The first-order valence-electron chi connectivity index (χ1n) is 4.40. The zero-order valence-electron chi connectivity index (χ0n) is 8.60. The molecular weight excluding hydrogens is 254 g/mol. The van der Waals surface area contributed by atoms with E-state index in [1.807, 2.05) is 0 Å². The van der Waals surface area contributed by atoms with Crippen LogP contribution < -0.4 is 5.73 Å². The van der Waals surface area contributed by atoms with Gasteiger partial charge in [-0.25, -0.2) is 8.78 Å². The number of nitrogens with zero attached hydrogens (tertiary/aromatic N) is 1. The lowest BCUT2D eigenvalue weighted by molar-refractivity contribution is -0.0715. The third kappa shape index (κ3) is 3.03. The fourth-order valence-electron chi connectivity index (χ4n) is 1.23. The van der Waals surface area contributed by atoms with E-state index in [2.05, 4.69) is 0 Å². The second-order valence-corrected chi connectivity index (χ2v) is 3.25. The van der Waals surface area contributed by atoms with Gasteiger partial charge in [-0.2, -0.15) is 5.26 Å². The first-order chi connectivity index (χ1) is 7.44. The second kappa shape index (κ2) is 5.77. The summed E-state index contributed by atoms with van der Waals surface area (Å²) in [6, 6.07) is 3.59. The van der Waals surface area contributed by atoms with Crippen LogP contribution in [0.5, 0.6) is 5.75 Å². The van der Waals surface area contributed by atoms with Crippen molar-refractivity contribution in [2.24, 2.45) is 5.73 Å². The molecule has 4 nitrogen and oxygen atoms in total. The van der Waals surface area contributed by atoms with Crippen molar-refractivity contribution >= 4 is 12.4 Å².